The molecule has 7 heavy (non-hydrogen) atoms. The molecule has 0 radical (unpaired) electrons. The largest absolute Gasteiger partial charge is 0.271 e. The Morgan fingerprint density at radius 1 is 1.71 bits per heavy atom. The van der Waals surface area contributed by atoms with Crippen molar-refractivity contribution < 1.29 is 0 Å². The first-order valence-corrected chi connectivity index (χ1v) is 3.60. The number of thioether (sulfide) groups is 1. The Morgan fingerprint density at radius 2 is 2.43 bits per heavy atom. The van der Waals surface area contributed by atoms with Crippen LogP contribution in [0.25, 0.3) is 0 Å². The molecule has 0 amide bonds. The van der Waals surface area contributed by atoms with Crippen LogP contribution in [0.3, 0.4) is 0 Å². The maximum atomic E-state index is 5.08. The molecule has 1 fully saturated rings. The van der Waals surface area contributed by atoms with E-state index < -0.39 is 0 Å². The van der Waals surface area contributed by atoms with E-state index in [0.717, 1.165) is 12.5 Å². The standard InChI is InChI=1S/C4H10N2S/c5-6-1-4-2-7-3-4/h4,6H,1-3,5H2. The summed E-state index contributed by atoms with van der Waals surface area (Å²) in [5.41, 5.74) is 2.66. The molecule has 1 aliphatic heterocycles. The minimum atomic E-state index is 0.856. The van der Waals surface area contributed by atoms with Gasteiger partial charge < -0.3 is 0 Å². The van der Waals surface area contributed by atoms with Crippen molar-refractivity contribution in [1.29, 1.82) is 0 Å². The van der Waals surface area contributed by atoms with E-state index in [9.17, 15) is 0 Å². The molecule has 0 aromatic heterocycles. The second kappa shape index (κ2) is 2.55. The molecule has 0 saturated carbocycles. The summed E-state index contributed by atoms with van der Waals surface area (Å²) in [6, 6.07) is 0. The first-order chi connectivity index (χ1) is 3.43. The average molecular weight is 118 g/mol. The molecule has 42 valence electrons. The van der Waals surface area contributed by atoms with Crippen LogP contribution < -0.4 is 11.3 Å². The normalized spacial score (nSPS) is 21.9. The fourth-order valence-corrected chi connectivity index (χ4v) is 1.37. The third-order valence-corrected chi connectivity index (χ3v) is 2.53. The summed E-state index contributed by atoms with van der Waals surface area (Å²) in [5, 5.41) is 0. The van der Waals surface area contributed by atoms with Crippen molar-refractivity contribution in [3.8, 4) is 0 Å². The summed E-state index contributed by atoms with van der Waals surface area (Å²) in [7, 11) is 0. The monoisotopic (exact) mass is 118 g/mol. The molecule has 0 atom stereocenters. The number of nitrogens with two attached hydrogens (primary N) is 1. The molecule has 0 aromatic rings. The summed E-state index contributed by atoms with van der Waals surface area (Å²) < 4.78 is 0. The number of nitrogens with one attached hydrogen (secondary N) is 1. The first kappa shape index (κ1) is 5.41. The van der Waals surface area contributed by atoms with E-state index in [-0.39, 0.29) is 0 Å². The van der Waals surface area contributed by atoms with Gasteiger partial charge >= 0.3 is 0 Å². The zero-order valence-electron chi connectivity index (χ0n) is 4.18. The average Bonchev–Trinajstić information content (AvgIpc) is 1.55. The maximum absolute atomic E-state index is 5.08. The third kappa shape index (κ3) is 1.33. The predicted molar refractivity (Wildman–Crippen MR) is 33.0 cm³/mol. The number of hydrogen-bond donors (Lipinski definition) is 2. The van der Waals surface area contributed by atoms with Crippen molar-refractivity contribution in [3.63, 3.8) is 0 Å². The maximum Gasteiger partial charge on any atom is 0.0141 e. The van der Waals surface area contributed by atoms with Crippen LogP contribution in [-0.2, 0) is 0 Å². The highest BCUT2D eigenvalue weighted by molar-refractivity contribution is 8.00. The Labute approximate surface area is 47.8 Å². The second-order valence-electron chi connectivity index (χ2n) is 1.81. The van der Waals surface area contributed by atoms with Crippen LogP contribution in [0, 0.1) is 5.92 Å². The van der Waals surface area contributed by atoms with E-state index in [1.54, 1.807) is 0 Å². The first-order valence-electron chi connectivity index (χ1n) is 2.44. The van der Waals surface area contributed by atoms with E-state index in [1.807, 2.05) is 11.8 Å². The van der Waals surface area contributed by atoms with Gasteiger partial charge in [0, 0.05) is 6.54 Å². The van der Waals surface area contributed by atoms with Gasteiger partial charge in [-0.2, -0.15) is 11.8 Å². The van der Waals surface area contributed by atoms with Crippen LogP contribution in [0.2, 0.25) is 0 Å². The van der Waals surface area contributed by atoms with Crippen LogP contribution in [0.5, 0.6) is 0 Å². The highest BCUT2D eigenvalue weighted by Crippen LogP contribution is 2.22. The topological polar surface area (TPSA) is 38.0 Å². The Hall–Kier alpha value is 0.270. The molecule has 0 aromatic carbocycles. The lowest BCUT2D eigenvalue weighted by atomic mass is 10.2. The molecular weight excluding hydrogens is 108 g/mol. The van der Waals surface area contributed by atoms with Crippen LogP contribution in [-0.4, -0.2) is 18.1 Å². The van der Waals surface area contributed by atoms with Crippen molar-refractivity contribution in [2.45, 2.75) is 0 Å². The van der Waals surface area contributed by atoms with Crippen molar-refractivity contribution in [1.82, 2.24) is 5.43 Å². The predicted octanol–water partition coefficient (Wildman–Crippen LogP) is -0.187. The van der Waals surface area contributed by atoms with Gasteiger partial charge in [-0.05, 0) is 17.4 Å². The highest BCUT2D eigenvalue weighted by Gasteiger charge is 2.15. The molecule has 0 aliphatic carbocycles. The van der Waals surface area contributed by atoms with Gasteiger partial charge in [0.1, 0.15) is 0 Å². The molecule has 0 unspecified atom stereocenters. The lowest BCUT2D eigenvalue weighted by Gasteiger charge is -2.23. The van der Waals surface area contributed by atoms with Crippen molar-refractivity contribution >= 4 is 11.8 Å². The van der Waals surface area contributed by atoms with Gasteiger partial charge in [-0.15, -0.1) is 0 Å². The van der Waals surface area contributed by atoms with Gasteiger partial charge in [-0.25, -0.2) is 0 Å². The fraction of sp³-hybridized carbons (Fsp3) is 1.00. The molecular formula is C4H10N2S. The van der Waals surface area contributed by atoms with Gasteiger partial charge in [0.25, 0.3) is 0 Å². The van der Waals surface area contributed by atoms with E-state index in [0.29, 0.717) is 0 Å². The molecule has 3 heteroatoms. The molecule has 1 aliphatic rings. The van der Waals surface area contributed by atoms with Crippen molar-refractivity contribution in [3.05, 3.63) is 0 Å². The van der Waals surface area contributed by atoms with E-state index >= 15 is 0 Å². The van der Waals surface area contributed by atoms with E-state index in [1.165, 1.54) is 11.5 Å². The van der Waals surface area contributed by atoms with Gasteiger partial charge in [-0.3, -0.25) is 11.3 Å². The molecule has 1 heterocycles. The summed E-state index contributed by atoms with van der Waals surface area (Å²) in [4.78, 5) is 0. The zero-order chi connectivity index (χ0) is 5.11. The van der Waals surface area contributed by atoms with Crippen molar-refractivity contribution in [2.75, 3.05) is 18.1 Å². The van der Waals surface area contributed by atoms with Crippen LogP contribution in [0.4, 0.5) is 0 Å². The Bertz CT molecular complexity index is 53.7. The Kier molecular flexibility index (Phi) is 1.97. The SMILES string of the molecule is NNCC1CSC1. The van der Waals surface area contributed by atoms with Gasteiger partial charge in [0.15, 0.2) is 0 Å². The second-order valence-corrected chi connectivity index (χ2v) is 2.89. The Morgan fingerprint density at radius 3 is 2.57 bits per heavy atom. The minimum absolute atomic E-state index is 0.856. The zero-order valence-corrected chi connectivity index (χ0v) is 5.00. The lowest BCUT2D eigenvalue weighted by Crippen LogP contribution is -2.35. The Balaban J connectivity index is 1.93. The quantitative estimate of drug-likeness (QED) is 0.390. The molecule has 3 N–H and O–H groups in total. The van der Waals surface area contributed by atoms with E-state index in [2.05, 4.69) is 5.43 Å². The summed E-state index contributed by atoms with van der Waals surface area (Å²) in [6.45, 7) is 0.993. The molecule has 0 spiro atoms. The lowest BCUT2D eigenvalue weighted by molar-refractivity contribution is 0.562. The molecule has 0 bridgehead atoms. The van der Waals surface area contributed by atoms with Gasteiger partial charge in [0.05, 0.1) is 0 Å². The summed E-state index contributed by atoms with van der Waals surface area (Å²) in [6.07, 6.45) is 0. The number of rotatable bonds is 2. The van der Waals surface area contributed by atoms with Crippen molar-refractivity contribution in [2.24, 2.45) is 11.8 Å². The number of hydrogen-bond acceptors (Lipinski definition) is 3. The van der Waals surface area contributed by atoms with Crippen LogP contribution in [0.15, 0.2) is 0 Å². The van der Waals surface area contributed by atoms with Crippen LogP contribution in [0.1, 0.15) is 0 Å². The van der Waals surface area contributed by atoms with E-state index in [4.69, 9.17) is 5.84 Å². The number of hydrazine groups is 1. The van der Waals surface area contributed by atoms with Crippen LogP contribution >= 0.6 is 11.8 Å². The summed E-state index contributed by atoms with van der Waals surface area (Å²) >= 11 is 1.99. The molecule has 1 rings (SSSR count). The molecule has 2 nitrogen and oxygen atoms in total. The molecule has 1 saturated heterocycles. The van der Waals surface area contributed by atoms with Gasteiger partial charge in [-0.1, -0.05) is 0 Å². The summed E-state index contributed by atoms with van der Waals surface area (Å²) in [5.74, 6) is 8.53. The minimum Gasteiger partial charge on any atom is -0.271 e. The smallest absolute Gasteiger partial charge is 0.0141 e. The third-order valence-electron chi connectivity index (χ3n) is 1.11. The fourth-order valence-electron chi connectivity index (χ4n) is 0.569. The van der Waals surface area contributed by atoms with Gasteiger partial charge in [0.2, 0.25) is 0 Å². The highest BCUT2D eigenvalue weighted by atomic mass is 32.2.